The van der Waals surface area contributed by atoms with Gasteiger partial charge in [0.05, 0.1) is 17.7 Å². The predicted molar refractivity (Wildman–Crippen MR) is 56.2 cm³/mol. The monoisotopic (exact) mass is 200 g/mol. The van der Waals surface area contributed by atoms with E-state index in [1.54, 1.807) is 18.2 Å². The molecule has 0 radical (unpaired) electrons. The number of nitrogens with zero attached hydrogens (tertiary/aromatic N) is 2. The Kier molecular flexibility index (Phi) is 3.71. The standard InChI is InChI=1S/C12H12N2O/c1-9(2)8-15-12-4-3-10(6-13)11(5-12)7-14/h3-5,9H,8H2,1-2H3. The minimum Gasteiger partial charge on any atom is -0.493 e. The number of benzene rings is 1. The molecule has 0 amide bonds. The van der Waals surface area contributed by atoms with E-state index in [1.807, 2.05) is 12.1 Å². The zero-order valence-corrected chi connectivity index (χ0v) is 8.82. The molecule has 0 saturated carbocycles. The van der Waals surface area contributed by atoms with E-state index < -0.39 is 0 Å². The molecule has 0 aliphatic rings. The summed E-state index contributed by atoms with van der Waals surface area (Å²) in [6.45, 7) is 4.71. The molecule has 1 aromatic carbocycles. The number of hydrogen-bond donors (Lipinski definition) is 0. The lowest BCUT2D eigenvalue weighted by Gasteiger charge is -2.08. The summed E-state index contributed by atoms with van der Waals surface area (Å²) in [6.07, 6.45) is 0. The van der Waals surface area contributed by atoms with E-state index >= 15 is 0 Å². The van der Waals surface area contributed by atoms with Crippen molar-refractivity contribution in [3.8, 4) is 17.9 Å². The molecule has 0 aliphatic heterocycles. The summed E-state index contributed by atoms with van der Waals surface area (Å²) >= 11 is 0. The Morgan fingerprint density at radius 3 is 2.40 bits per heavy atom. The van der Waals surface area contributed by atoms with Crippen molar-refractivity contribution in [1.82, 2.24) is 0 Å². The molecule has 0 atom stereocenters. The van der Waals surface area contributed by atoms with Gasteiger partial charge in [0.2, 0.25) is 0 Å². The maximum atomic E-state index is 8.79. The van der Waals surface area contributed by atoms with Crippen LogP contribution < -0.4 is 4.74 Å². The van der Waals surface area contributed by atoms with Gasteiger partial charge < -0.3 is 4.74 Å². The van der Waals surface area contributed by atoms with Crippen LogP contribution in [0, 0.1) is 28.6 Å². The largest absolute Gasteiger partial charge is 0.493 e. The number of nitriles is 2. The van der Waals surface area contributed by atoms with Crippen LogP contribution in [0.2, 0.25) is 0 Å². The topological polar surface area (TPSA) is 56.8 Å². The van der Waals surface area contributed by atoms with Crippen LogP contribution in [0.3, 0.4) is 0 Å². The maximum Gasteiger partial charge on any atom is 0.120 e. The Morgan fingerprint density at radius 2 is 1.87 bits per heavy atom. The first-order valence-corrected chi connectivity index (χ1v) is 4.74. The van der Waals surface area contributed by atoms with Gasteiger partial charge in [-0.15, -0.1) is 0 Å². The van der Waals surface area contributed by atoms with Gasteiger partial charge in [-0.3, -0.25) is 0 Å². The van der Waals surface area contributed by atoms with E-state index in [9.17, 15) is 0 Å². The minimum absolute atomic E-state index is 0.360. The molecule has 0 spiro atoms. The summed E-state index contributed by atoms with van der Waals surface area (Å²) in [5, 5.41) is 17.5. The first kappa shape index (κ1) is 11.1. The van der Waals surface area contributed by atoms with Gasteiger partial charge in [0, 0.05) is 0 Å². The molecule has 0 fully saturated rings. The molecule has 1 rings (SSSR count). The van der Waals surface area contributed by atoms with Crippen molar-refractivity contribution < 1.29 is 4.74 Å². The quantitative estimate of drug-likeness (QED) is 0.753. The summed E-state index contributed by atoms with van der Waals surface area (Å²) in [6, 6.07) is 8.85. The molecule has 0 bridgehead atoms. The Morgan fingerprint density at radius 1 is 1.20 bits per heavy atom. The zero-order chi connectivity index (χ0) is 11.3. The fraction of sp³-hybridized carbons (Fsp3) is 0.333. The van der Waals surface area contributed by atoms with Crippen LogP contribution in [0.4, 0.5) is 0 Å². The molecule has 0 saturated heterocycles. The molecule has 0 unspecified atom stereocenters. The summed E-state index contributed by atoms with van der Waals surface area (Å²) < 4.78 is 5.45. The minimum atomic E-state index is 0.360. The van der Waals surface area contributed by atoms with Crippen LogP contribution in [-0.2, 0) is 0 Å². The molecule has 0 N–H and O–H groups in total. The fourth-order valence-electron chi connectivity index (χ4n) is 1.07. The lowest BCUT2D eigenvalue weighted by Crippen LogP contribution is -2.04. The van der Waals surface area contributed by atoms with Gasteiger partial charge in [0.15, 0.2) is 0 Å². The SMILES string of the molecule is CC(C)COc1ccc(C#N)c(C#N)c1. The van der Waals surface area contributed by atoms with Gasteiger partial charge in [0.25, 0.3) is 0 Å². The lowest BCUT2D eigenvalue weighted by atomic mass is 10.1. The third kappa shape index (κ3) is 3.00. The highest BCUT2D eigenvalue weighted by Gasteiger charge is 2.04. The van der Waals surface area contributed by atoms with Crippen molar-refractivity contribution >= 4 is 0 Å². The molecule has 0 aromatic heterocycles. The van der Waals surface area contributed by atoms with Crippen molar-refractivity contribution in [2.75, 3.05) is 6.61 Å². The van der Waals surface area contributed by atoms with Crippen molar-refractivity contribution in [1.29, 1.82) is 10.5 Å². The summed E-state index contributed by atoms with van der Waals surface area (Å²) in [5.41, 5.74) is 0.744. The second-order valence-corrected chi connectivity index (χ2v) is 3.64. The average molecular weight is 200 g/mol. The highest BCUT2D eigenvalue weighted by molar-refractivity contribution is 5.49. The fourth-order valence-corrected chi connectivity index (χ4v) is 1.07. The van der Waals surface area contributed by atoms with Crippen LogP contribution in [0.5, 0.6) is 5.75 Å². The summed E-state index contributed by atoms with van der Waals surface area (Å²) in [7, 11) is 0. The van der Waals surface area contributed by atoms with Crippen molar-refractivity contribution in [3.05, 3.63) is 29.3 Å². The molecule has 3 heteroatoms. The van der Waals surface area contributed by atoms with Crippen LogP contribution in [-0.4, -0.2) is 6.61 Å². The molecule has 0 heterocycles. The maximum absolute atomic E-state index is 8.79. The third-order valence-corrected chi connectivity index (χ3v) is 1.82. The van der Waals surface area contributed by atoms with Gasteiger partial charge in [-0.05, 0) is 24.1 Å². The highest BCUT2D eigenvalue weighted by Crippen LogP contribution is 2.17. The van der Waals surface area contributed by atoms with Gasteiger partial charge in [0.1, 0.15) is 17.9 Å². The summed E-state index contributed by atoms with van der Waals surface area (Å²) in [4.78, 5) is 0. The Bertz CT molecular complexity index is 424. The Labute approximate surface area is 89.5 Å². The number of ether oxygens (including phenoxy) is 1. The Hall–Kier alpha value is -2.00. The van der Waals surface area contributed by atoms with E-state index in [-0.39, 0.29) is 0 Å². The smallest absolute Gasteiger partial charge is 0.120 e. The van der Waals surface area contributed by atoms with Gasteiger partial charge >= 0.3 is 0 Å². The predicted octanol–water partition coefficient (Wildman–Crippen LogP) is 2.46. The first-order valence-electron chi connectivity index (χ1n) is 4.74. The average Bonchev–Trinajstić information content (AvgIpc) is 2.25. The van der Waals surface area contributed by atoms with Crippen LogP contribution in [0.15, 0.2) is 18.2 Å². The normalized spacial score (nSPS) is 9.40. The molecule has 15 heavy (non-hydrogen) atoms. The van der Waals surface area contributed by atoms with Crippen LogP contribution >= 0.6 is 0 Å². The molecular formula is C12H12N2O. The van der Waals surface area contributed by atoms with Gasteiger partial charge in [-0.25, -0.2) is 0 Å². The zero-order valence-electron chi connectivity index (χ0n) is 8.82. The molecule has 76 valence electrons. The van der Waals surface area contributed by atoms with E-state index in [0.29, 0.717) is 29.4 Å². The molecule has 3 nitrogen and oxygen atoms in total. The first-order chi connectivity index (χ1) is 7.17. The molecule has 1 aromatic rings. The third-order valence-electron chi connectivity index (χ3n) is 1.82. The highest BCUT2D eigenvalue weighted by atomic mass is 16.5. The van der Waals surface area contributed by atoms with E-state index in [2.05, 4.69) is 13.8 Å². The van der Waals surface area contributed by atoms with Crippen LogP contribution in [0.1, 0.15) is 25.0 Å². The van der Waals surface area contributed by atoms with Crippen molar-refractivity contribution in [3.63, 3.8) is 0 Å². The van der Waals surface area contributed by atoms with E-state index in [4.69, 9.17) is 15.3 Å². The van der Waals surface area contributed by atoms with Gasteiger partial charge in [-0.1, -0.05) is 13.8 Å². The number of hydrogen-bond acceptors (Lipinski definition) is 3. The number of rotatable bonds is 3. The summed E-state index contributed by atoms with van der Waals surface area (Å²) in [5.74, 6) is 1.07. The van der Waals surface area contributed by atoms with Crippen LogP contribution in [0.25, 0.3) is 0 Å². The molecular weight excluding hydrogens is 188 g/mol. The second kappa shape index (κ2) is 5.02. The lowest BCUT2D eigenvalue weighted by molar-refractivity contribution is 0.271. The second-order valence-electron chi connectivity index (χ2n) is 3.64. The van der Waals surface area contributed by atoms with E-state index in [0.717, 1.165) is 0 Å². The van der Waals surface area contributed by atoms with Crippen molar-refractivity contribution in [2.24, 2.45) is 5.92 Å². The Balaban J connectivity index is 2.86. The van der Waals surface area contributed by atoms with E-state index in [1.165, 1.54) is 0 Å². The van der Waals surface area contributed by atoms with Crippen molar-refractivity contribution in [2.45, 2.75) is 13.8 Å². The molecule has 0 aliphatic carbocycles. The van der Waals surface area contributed by atoms with Gasteiger partial charge in [-0.2, -0.15) is 10.5 Å².